The largest absolute Gasteiger partial charge is 0.329 e. The van der Waals surface area contributed by atoms with E-state index in [9.17, 15) is 8.42 Å². The highest BCUT2D eigenvalue weighted by Gasteiger charge is 2.13. The van der Waals surface area contributed by atoms with E-state index in [0.717, 1.165) is 12.8 Å². The zero-order valence-electron chi connectivity index (χ0n) is 8.41. The van der Waals surface area contributed by atoms with Crippen LogP contribution in [0.1, 0.15) is 26.7 Å². The van der Waals surface area contributed by atoms with Crippen LogP contribution in [0, 0.1) is 5.92 Å². The fraction of sp³-hybridized carbons (Fsp3) is 1.00. The Bertz CT molecular complexity index is 214. The van der Waals surface area contributed by atoms with Gasteiger partial charge in [-0.2, -0.15) is 0 Å². The highest BCUT2D eigenvalue weighted by atomic mass is 32.2. The highest BCUT2D eigenvalue weighted by molar-refractivity contribution is 7.89. The zero-order chi connectivity index (χ0) is 10.3. The number of sulfonamides is 1. The molecule has 0 amide bonds. The monoisotopic (exact) mass is 208 g/mol. The average molecular weight is 208 g/mol. The van der Waals surface area contributed by atoms with Crippen LogP contribution in [-0.2, 0) is 10.0 Å². The number of hydrogen-bond acceptors (Lipinski definition) is 3. The van der Waals surface area contributed by atoms with Crippen LogP contribution in [0.15, 0.2) is 0 Å². The summed E-state index contributed by atoms with van der Waals surface area (Å²) in [4.78, 5) is 0. The van der Waals surface area contributed by atoms with Gasteiger partial charge in [0.25, 0.3) is 0 Å². The van der Waals surface area contributed by atoms with E-state index in [-0.39, 0.29) is 11.7 Å². The van der Waals surface area contributed by atoms with Gasteiger partial charge in [0.1, 0.15) is 0 Å². The molecule has 0 aromatic carbocycles. The van der Waals surface area contributed by atoms with Crippen molar-refractivity contribution in [1.82, 2.24) is 4.72 Å². The van der Waals surface area contributed by atoms with Crippen molar-refractivity contribution < 1.29 is 8.42 Å². The molecular weight excluding hydrogens is 188 g/mol. The lowest BCUT2D eigenvalue weighted by Crippen LogP contribution is -2.33. The zero-order valence-corrected chi connectivity index (χ0v) is 9.23. The Morgan fingerprint density at radius 2 is 2.08 bits per heavy atom. The van der Waals surface area contributed by atoms with E-state index in [1.807, 2.05) is 6.92 Å². The summed E-state index contributed by atoms with van der Waals surface area (Å²) < 4.78 is 25.1. The van der Waals surface area contributed by atoms with Crippen LogP contribution in [0.3, 0.4) is 0 Å². The molecule has 0 unspecified atom stereocenters. The molecule has 0 saturated carbocycles. The van der Waals surface area contributed by atoms with Crippen molar-refractivity contribution in [2.45, 2.75) is 26.7 Å². The molecule has 0 aliphatic rings. The molecule has 0 aromatic heterocycles. The first-order valence-electron chi connectivity index (χ1n) is 4.69. The SMILES string of the molecule is CCC[C@@H](C)CS(=O)(=O)NCCN. The predicted molar refractivity (Wildman–Crippen MR) is 54.9 cm³/mol. The van der Waals surface area contributed by atoms with Crippen molar-refractivity contribution >= 4 is 10.0 Å². The molecule has 0 spiro atoms. The maximum atomic E-state index is 11.3. The van der Waals surface area contributed by atoms with Gasteiger partial charge < -0.3 is 5.73 Å². The van der Waals surface area contributed by atoms with Gasteiger partial charge in [-0.3, -0.25) is 0 Å². The van der Waals surface area contributed by atoms with Crippen LogP contribution < -0.4 is 10.5 Å². The molecule has 0 saturated heterocycles. The number of nitrogens with two attached hydrogens (primary N) is 1. The fourth-order valence-electron chi connectivity index (χ4n) is 1.22. The van der Waals surface area contributed by atoms with Crippen molar-refractivity contribution in [2.75, 3.05) is 18.8 Å². The Morgan fingerprint density at radius 1 is 1.46 bits per heavy atom. The fourth-order valence-corrected chi connectivity index (χ4v) is 2.69. The molecule has 0 aromatic rings. The highest BCUT2D eigenvalue weighted by Crippen LogP contribution is 2.07. The molecule has 1 atom stereocenters. The Hall–Kier alpha value is -0.130. The van der Waals surface area contributed by atoms with Crippen molar-refractivity contribution in [3.63, 3.8) is 0 Å². The van der Waals surface area contributed by atoms with Crippen molar-refractivity contribution in [2.24, 2.45) is 11.7 Å². The van der Waals surface area contributed by atoms with E-state index in [1.54, 1.807) is 0 Å². The van der Waals surface area contributed by atoms with Gasteiger partial charge in [-0.15, -0.1) is 0 Å². The summed E-state index contributed by atoms with van der Waals surface area (Å²) in [5.74, 6) is 0.432. The molecule has 0 rings (SSSR count). The maximum Gasteiger partial charge on any atom is 0.211 e. The van der Waals surface area contributed by atoms with Gasteiger partial charge in [-0.05, 0) is 12.3 Å². The van der Waals surface area contributed by atoms with E-state index in [1.165, 1.54) is 0 Å². The molecule has 3 N–H and O–H groups in total. The van der Waals surface area contributed by atoms with Crippen LogP contribution in [0.5, 0.6) is 0 Å². The van der Waals surface area contributed by atoms with E-state index < -0.39 is 10.0 Å². The van der Waals surface area contributed by atoms with Gasteiger partial charge in [0.15, 0.2) is 0 Å². The van der Waals surface area contributed by atoms with Crippen LogP contribution in [0.2, 0.25) is 0 Å². The lowest BCUT2D eigenvalue weighted by Gasteiger charge is -2.10. The molecule has 0 heterocycles. The minimum absolute atomic E-state index is 0.209. The molecule has 4 nitrogen and oxygen atoms in total. The first-order valence-corrected chi connectivity index (χ1v) is 6.34. The normalized spacial score (nSPS) is 14.4. The van der Waals surface area contributed by atoms with Gasteiger partial charge in [0.05, 0.1) is 5.75 Å². The van der Waals surface area contributed by atoms with Crippen LogP contribution in [0.25, 0.3) is 0 Å². The van der Waals surface area contributed by atoms with E-state index in [0.29, 0.717) is 13.1 Å². The Kier molecular flexibility index (Phi) is 6.28. The summed E-state index contributed by atoms with van der Waals surface area (Å²) >= 11 is 0. The van der Waals surface area contributed by atoms with Crippen molar-refractivity contribution in [1.29, 1.82) is 0 Å². The molecular formula is C8H20N2O2S. The Balaban J connectivity index is 3.87. The van der Waals surface area contributed by atoms with E-state index in [2.05, 4.69) is 11.6 Å². The minimum Gasteiger partial charge on any atom is -0.329 e. The second-order valence-electron chi connectivity index (χ2n) is 3.36. The van der Waals surface area contributed by atoms with E-state index in [4.69, 9.17) is 5.73 Å². The average Bonchev–Trinajstić information content (AvgIpc) is 2.00. The van der Waals surface area contributed by atoms with Crippen LogP contribution in [-0.4, -0.2) is 27.3 Å². The third-order valence-electron chi connectivity index (χ3n) is 1.75. The summed E-state index contributed by atoms with van der Waals surface area (Å²) in [5.41, 5.74) is 5.20. The number of rotatable bonds is 7. The molecule has 0 aliphatic heterocycles. The molecule has 0 bridgehead atoms. The molecule has 5 heteroatoms. The third kappa shape index (κ3) is 6.98. The first-order chi connectivity index (χ1) is 6.02. The summed E-state index contributed by atoms with van der Waals surface area (Å²) in [6, 6.07) is 0. The van der Waals surface area contributed by atoms with E-state index >= 15 is 0 Å². The summed E-state index contributed by atoms with van der Waals surface area (Å²) in [6.45, 7) is 4.68. The lowest BCUT2D eigenvalue weighted by molar-refractivity contribution is 0.537. The number of nitrogens with one attached hydrogen (secondary N) is 1. The maximum absolute atomic E-state index is 11.3. The second kappa shape index (κ2) is 6.34. The topological polar surface area (TPSA) is 72.2 Å². The van der Waals surface area contributed by atoms with Gasteiger partial charge in [-0.1, -0.05) is 20.3 Å². The second-order valence-corrected chi connectivity index (χ2v) is 5.21. The van der Waals surface area contributed by atoms with Gasteiger partial charge in [0.2, 0.25) is 10.0 Å². The standard InChI is InChI=1S/C8H20N2O2S/c1-3-4-8(2)7-13(11,12)10-6-5-9/h8,10H,3-7,9H2,1-2H3/t8-/m1/s1. The van der Waals surface area contributed by atoms with Crippen molar-refractivity contribution in [3.8, 4) is 0 Å². The lowest BCUT2D eigenvalue weighted by atomic mass is 10.1. The molecule has 0 fully saturated rings. The summed E-state index contributed by atoms with van der Waals surface area (Å²) in [7, 11) is -3.10. The quantitative estimate of drug-likeness (QED) is 0.632. The number of hydrogen-bond donors (Lipinski definition) is 2. The molecule has 0 aliphatic carbocycles. The third-order valence-corrected chi connectivity index (χ3v) is 3.40. The first kappa shape index (κ1) is 12.9. The summed E-state index contributed by atoms with van der Waals surface area (Å²) in [5, 5.41) is 0. The van der Waals surface area contributed by atoms with Crippen LogP contribution in [0.4, 0.5) is 0 Å². The Labute approximate surface area is 80.9 Å². The van der Waals surface area contributed by atoms with Gasteiger partial charge in [-0.25, -0.2) is 13.1 Å². The van der Waals surface area contributed by atoms with Crippen molar-refractivity contribution in [3.05, 3.63) is 0 Å². The predicted octanol–water partition coefficient (Wildman–Crippen LogP) is 0.301. The molecule has 80 valence electrons. The summed E-state index contributed by atoms with van der Waals surface area (Å²) in [6.07, 6.45) is 1.97. The Morgan fingerprint density at radius 3 is 2.54 bits per heavy atom. The molecule has 0 radical (unpaired) electrons. The van der Waals surface area contributed by atoms with Gasteiger partial charge in [0, 0.05) is 13.1 Å². The minimum atomic E-state index is -3.10. The van der Waals surface area contributed by atoms with Crippen LogP contribution >= 0.6 is 0 Å². The van der Waals surface area contributed by atoms with Gasteiger partial charge >= 0.3 is 0 Å². The molecule has 13 heavy (non-hydrogen) atoms. The smallest absolute Gasteiger partial charge is 0.211 e.